The fourth-order valence-corrected chi connectivity index (χ4v) is 3.14. The maximum atomic E-state index is 10.2. The molecule has 0 aromatic heterocycles. The Balaban J connectivity index is -0.00000338. The molecule has 0 aliphatic heterocycles. The largest absolute Gasteiger partial charge is 1.00 e. The molecule has 29 heavy (non-hydrogen) atoms. The van der Waals surface area contributed by atoms with Crippen molar-refractivity contribution in [3.8, 4) is 0 Å². The number of ether oxygens (including phenoxy) is 1. The Kier molecular flexibility index (Phi) is 32.2. The van der Waals surface area contributed by atoms with E-state index in [-0.39, 0.29) is 85.4 Å². The van der Waals surface area contributed by atoms with E-state index < -0.39 is 13.9 Å². The van der Waals surface area contributed by atoms with Gasteiger partial charge in [-0.1, -0.05) is 77.6 Å². The van der Waals surface area contributed by atoms with E-state index in [1.807, 2.05) is 0 Å². The molecule has 0 aromatic carbocycles. The zero-order valence-electron chi connectivity index (χ0n) is 19.0. The van der Waals surface area contributed by atoms with Crippen LogP contribution in [0, 0.1) is 0 Å². The summed E-state index contributed by atoms with van der Waals surface area (Å²) in [4.78, 5) is 20.5. The quantitative estimate of drug-likeness (QED) is 0.105. The van der Waals surface area contributed by atoms with Gasteiger partial charge in [-0.05, 0) is 6.42 Å². The summed E-state index contributed by atoms with van der Waals surface area (Å²) in [6, 6.07) is 0. The molecule has 7 nitrogen and oxygen atoms in total. The van der Waals surface area contributed by atoms with Gasteiger partial charge in [0.15, 0.2) is 0 Å². The van der Waals surface area contributed by atoms with Crippen molar-refractivity contribution in [1.29, 1.82) is 0 Å². The second kappa shape index (κ2) is 26.2. The molecule has 2 N–H and O–H groups in total. The molecule has 0 heterocycles. The van der Waals surface area contributed by atoms with Crippen molar-refractivity contribution in [3.63, 3.8) is 0 Å². The summed E-state index contributed by atoms with van der Waals surface area (Å²) >= 11 is 0. The fraction of sp³-hybridized carbons (Fsp3) is 1.00. The molecule has 0 bridgehead atoms. The molecule has 0 aliphatic carbocycles. The molecule has 10 heteroatoms. The van der Waals surface area contributed by atoms with Crippen LogP contribution in [0.2, 0.25) is 0 Å². The van der Waals surface area contributed by atoms with Crippen molar-refractivity contribution in [1.82, 2.24) is 5.32 Å². The van der Waals surface area contributed by atoms with E-state index in [4.69, 9.17) is 4.74 Å². The molecule has 164 valence electrons. The summed E-state index contributed by atoms with van der Waals surface area (Å²) in [5.41, 5.74) is 0. The van der Waals surface area contributed by atoms with E-state index in [2.05, 4.69) is 16.8 Å². The Bertz CT molecular complexity index is 364. The van der Waals surface area contributed by atoms with Gasteiger partial charge < -0.3 is 34.0 Å². The third kappa shape index (κ3) is 32.3. The second-order valence-corrected chi connectivity index (χ2v) is 8.26. The molecular weight excluding hydrogens is 415 g/mol. The third-order valence-corrected chi connectivity index (χ3v) is 4.86. The van der Waals surface area contributed by atoms with Gasteiger partial charge >= 0.3 is 59.1 Å². The maximum absolute atomic E-state index is 10.2. The van der Waals surface area contributed by atoms with Crippen LogP contribution in [0.25, 0.3) is 0 Å². The second-order valence-electron chi connectivity index (χ2n) is 7.10. The molecule has 0 amide bonds. The average molecular weight is 455 g/mol. The van der Waals surface area contributed by atoms with Crippen LogP contribution in [0.15, 0.2) is 0 Å². The van der Waals surface area contributed by atoms with Crippen LogP contribution in [0.5, 0.6) is 0 Å². The minimum absolute atomic E-state index is 0. The monoisotopic (exact) mass is 455 g/mol. The van der Waals surface area contributed by atoms with Crippen molar-refractivity contribution >= 4 is 7.82 Å². The summed E-state index contributed by atoms with van der Waals surface area (Å²) in [7, 11) is -4.90. The average Bonchev–Trinajstić information content (AvgIpc) is 2.60. The van der Waals surface area contributed by atoms with E-state index in [9.17, 15) is 19.5 Å². The normalized spacial score (nSPS) is 12.3. The van der Waals surface area contributed by atoms with Gasteiger partial charge in [0, 0.05) is 19.7 Å². The molecule has 0 saturated heterocycles. The van der Waals surface area contributed by atoms with Crippen molar-refractivity contribution in [2.75, 3.05) is 32.9 Å². The van der Waals surface area contributed by atoms with Gasteiger partial charge in [-0.3, -0.25) is 0 Å². The van der Waals surface area contributed by atoms with E-state index in [0.29, 0.717) is 6.61 Å². The predicted molar refractivity (Wildman–Crippen MR) is 104 cm³/mol. The van der Waals surface area contributed by atoms with Crippen LogP contribution in [-0.2, 0) is 13.8 Å². The molecule has 1 atom stereocenters. The molecule has 0 radical (unpaired) electrons. The molecule has 0 fully saturated rings. The van der Waals surface area contributed by atoms with Gasteiger partial charge in [0.25, 0.3) is 0 Å². The van der Waals surface area contributed by atoms with Crippen LogP contribution in [0.3, 0.4) is 0 Å². The topological polar surface area (TPSA) is 114 Å². The molecule has 1 unspecified atom stereocenters. The van der Waals surface area contributed by atoms with Crippen LogP contribution >= 0.6 is 7.82 Å². The molecule has 0 aromatic rings. The SMILES string of the molecule is CCCCCCCCCCCCCCOCC(O)CNCCOP(=O)([O-])[O-].[Na+].[Na+]. The third-order valence-electron chi connectivity index (χ3n) is 4.36. The predicted octanol–water partition coefficient (Wildman–Crippen LogP) is -3.49. The Morgan fingerprint density at radius 1 is 0.862 bits per heavy atom. The van der Waals surface area contributed by atoms with Crippen molar-refractivity contribution in [2.24, 2.45) is 0 Å². The van der Waals surface area contributed by atoms with Gasteiger partial charge in [-0.25, -0.2) is 0 Å². The minimum atomic E-state index is -4.90. The smallest absolute Gasteiger partial charge is 0.790 e. The van der Waals surface area contributed by atoms with Gasteiger partial charge in [-0.15, -0.1) is 0 Å². The number of aliphatic hydroxyl groups excluding tert-OH is 1. The number of phosphoric ester groups is 1. The zero-order valence-corrected chi connectivity index (χ0v) is 23.9. The molecule has 0 aliphatic rings. The number of nitrogens with one attached hydrogen (secondary N) is 1. The summed E-state index contributed by atoms with van der Waals surface area (Å²) in [5, 5.41) is 12.5. The summed E-state index contributed by atoms with van der Waals surface area (Å²) in [6.45, 7) is 3.37. The Morgan fingerprint density at radius 2 is 1.34 bits per heavy atom. The van der Waals surface area contributed by atoms with E-state index in [1.165, 1.54) is 64.2 Å². The van der Waals surface area contributed by atoms with Crippen LogP contribution in [0.1, 0.15) is 84.0 Å². The number of unbranched alkanes of at least 4 members (excludes halogenated alkanes) is 11. The first-order valence-corrected chi connectivity index (χ1v) is 12.0. The zero-order chi connectivity index (χ0) is 20.2. The van der Waals surface area contributed by atoms with Gasteiger partial charge in [0.2, 0.25) is 0 Å². The van der Waals surface area contributed by atoms with Gasteiger partial charge in [0.1, 0.15) is 0 Å². The Hall–Kier alpha value is 1.99. The number of hydrogen-bond acceptors (Lipinski definition) is 7. The Labute approximate surface area is 222 Å². The van der Waals surface area contributed by atoms with E-state index >= 15 is 0 Å². The van der Waals surface area contributed by atoms with Crippen LogP contribution < -0.4 is 74.2 Å². The Morgan fingerprint density at radius 3 is 1.83 bits per heavy atom. The minimum Gasteiger partial charge on any atom is -0.790 e. The van der Waals surface area contributed by atoms with Gasteiger partial charge in [-0.2, -0.15) is 0 Å². The fourth-order valence-electron chi connectivity index (χ4n) is 2.82. The van der Waals surface area contributed by atoms with Crippen LogP contribution in [-0.4, -0.2) is 44.1 Å². The van der Waals surface area contributed by atoms with E-state index in [1.54, 1.807) is 0 Å². The molecule has 0 spiro atoms. The number of phosphoric acid groups is 1. The van der Waals surface area contributed by atoms with Gasteiger partial charge in [0.05, 0.1) is 27.1 Å². The molecular formula is C19H40NNa2O6P. The number of rotatable bonds is 21. The standard InChI is InChI=1S/C19H42NO6P.2Na/c1-2-3-4-5-6-7-8-9-10-11-12-13-15-25-18-19(21)17-20-14-16-26-27(22,23)24;;/h19-21H,2-18H2,1H3,(H2,22,23,24);;/q;2*+1/p-2. The first kappa shape index (κ1) is 35.6. The van der Waals surface area contributed by atoms with Crippen molar-refractivity contribution < 1.29 is 87.8 Å². The summed E-state index contributed by atoms with van der Waals surface area (Å²) < 4.78 is 19.7. The number of aliphatic hydroxyl groups is 1. The maximum Gasteiger partial charge on any atom is 1.00 e. The molecule has 0 rings (SSSR count). The number of hydrogen-bond donors (Lipinski definition) is 2. The van der Waals surface area contributed by atoms with E-state index in [0.717, 1.165) is 12.8 Å². The summed E-state index contributed by atoms with van der Waals surface area (Å²) in [6.07, 6.45) is 15.0. The first-order valence-electron chi connectivity index (χ1n) is 10.6. The van der Waals surface area contributed by atoms with Crippen molar-refractivity contribution in [3.05, 3.63) is 0 Å². The summed E-state index contributed by atoms with van der Waals surface area (Å²) in [5.74, 6) is 0. The molecule has 0 saturated carbocycles. The van der Waals surface area contributed by atoms with Crippen LogP contribution in [0.4, 0.5) is 0 Å². The van der Waals surface area contributed by atoms with Crippen molar-refractivity contribution in [2.45, 2.75) is 90.1 Å². The first-order chi connectivity index (χ1) is 13.0.